The number of nitrogens with one attached hydrogen (secondary N) is 1. The number of aromatic nitrogens is 5. The molecule has 39 heavy (non-hydrogen) atoms. The van der Waals surface area contributed by atoms with Gasteiger partial charge >= 0.3 is 6.55 Å². The summed E-state index contributed by atoms with van der Waals surface area (Å²) in [5.41, 5.74) is 8.54. The molecule has 4 aromatic rings. The van der Waals surface area contributed by atoms with Crippen LogP contribution in [-0.4, -0.2) is 56.1 Å². The van der Waals surface area contributed by atoms with Crippen LogP contribution < -0.4 is 20.7 Å². The fourth-order valence-electron chi connectivity index (χ4n) is 4.59. The lowest BCUT2D eigenvalue weighted by Crippen LogP contribution is -2.43. The van der Waals surface area contributed by atoms with Crippen molar-refractivity contribution in [2.75, 3.05) is 30.4 Å². The van der Waals surface area contributed by atoms with Gasteiger partial charge in [-0.05, 0) is 36.6 Å². The van der Waals surface area contributed by atoms with Gasteiger partial charge in [-0.2, -0.15) is 13.9 Å². The van der Waals surface area contributed by atoms with Crippen molar-refractivity contribution in [3.63, 3.8) is 0 Å². The molecule has 13 heteroatoms. The first-order valence-electron chi connectivity index (χ1n) is 12.3. The van der Waals surface area contributed by atoms with Crippen LogP contribution in [0.1, 0.15) is 25.0 Å². The van der Waals surface area contributed by atoms with Crippen molar-refractivity contribution in [2.45, 2.75) is 32.0 Å². The minimum Gasteiger partial charge on any atom is -0.496 e. The number of nitrogens with zero attached hydrogens (tertiary/aromatic N) is 6. The van der Waals surface area contributed by atoms with E-state index in [2.05, 4.69) is 30.3 Å². The predicted octanol–water partition coefficient (Wildman–Crippen LogP) is 4.11. The van der Waals surface area contributed by atoms with Crippen LogP contribution in [0.5, 0.6) is 5.75 Å². The normalized spacial score (nSPS) is 15.6. The Kier molecular flexibility index (Phi) is 7.61. The summed E-state index contributed by atoms with van der Waals surface area (Å²) in [5.74, 6) is 0.413. The third-order valence-electron chi connectivity index (χ3n) is 6.44. The van der Waals surface area contributed by atoms with Gasteiger partial charge in [-0.3, -0.25) is 0 Å². The molecule has 0 saturated carbocycles. The molecule has 0 aliphatic carbocycles. The van der Waals surface area contributed by atoms with E-state index in [0.29, 0.717) is 39.6 Å². The van der Waals surface area contributed by atoms with E-state index in [1.807, 2.05) is 0 Å². The van der Waals surface area contributed by atoms with E-state index in [1.54, 1.807) is 18.3 Å². The summed E-state index contributed by atoms with van der Waals surface area (Å²) >= 11 is 0. The van der Waals surface area contributed by atoms with Crippen molar-refractivity contribution in [3.05, 3.63) is 60.4 Å². The number of alkyl halides is 2. The molecule has 0 bridgehead atoms. The lowest BCUT2D eigenvalue weighted by Gasteiger charge is -2.34. The fourth-order valence-corrected chi connectivity index (χ4v) is 4.59. The number of ether oxygens (including phenoxy) is 1. The second kappa shape index (κ2) is 11.3. The van der Waals surface area contributed by atoms with E-state index < -0.39 is 12.4 Å². The van der Waals surface area contributed by atoms with Crippen LogP contribution in [0.2, 0.25) is 0 Å². The second-order valence-corrected chi connectivity index (χ2v) is 9.13. The molecule has 0 radical (unpaired) electrons. The largest absolute Gasteiger partial charge is 0.496 e. The van der Waals surface area contributed by atoms with Gasteiger partial charge in [0.2, 0.25) is 0 Å². The number of pyridine rings is 1. The zero-order valence-corrected chi connectivity index (χ0v) is 21.1. The molecule has 0 unspecified atom stereocenters. The minimum atomic E-state index is -2.75. The number of piperidine rings is 1. The molecule has 1 aromatic carbocycles. The van der Waals surface area contributed by atoms with Gasteiger partial charge in [0.05, 0.1) is 25.5 Å². The SMILES string of the molecule is COc1cc(CO)cc(F)c1-c1nccc(Nc2cc(N3CCC[C@H](N)C3)c(-c3cnn(C(F)F)c3)cn2)n1. The van der Waals surface area contributed by atoms with Gasteiger partial charge in [0, 0.05) is 60.6 Å². The first kappa shape index (κ1) is 26.4. The highest BCUT2D eigenvalue weighted by Gasteiger charge is 2.23. The van der Waals surface area contributed by atoms with Crippen LogP contribution in [0.4, 0.5) is 30.5 Å². The number of nitrogens with two attached hydrogens (primary N) is 1. The zero-order valence-electron chi connectivity index (χ0n) is 21.1. The highest BCUT2D eigenvalue weighted by molar-refractivity contribution is 5.80. The first-order valence-corrected chi connectivity index (χ1v) is 12.3. The predicted molar refractivity (Wildman–Crippen MR) is 139 cm³/mol. The number of halogens is 3. The Morgan fingerprint density at radius 3 is 2.77 bits per heavy atom. The fraction of sp³-hybridized carbons (Fsp3) is 0.308. The third-order valence-corrected chi connectivity index (χ3v) is 6.44. The van der Waals surface area contributed by atoms with E-state index in [-0.39, 0.29) is 29.8 Å². The van der Waals surface area contributed by atoms with Crippen molar-refractivity contribution in [1.82, 2.24) is 24.7 Å². The summed E-state index contributed by atoms with van der Waals surface area (Å²) in [6, 6.07) is 6.11. The Bertz CT molecular complexity index is 1470. The Morgan fingerprint density at radius 2 is 2.05 bits per heavy atom. The number of rotatable bonds is 8. The zero-order chi connectivity index (χ0) is 27.5. The van der Waals surface area contributed by atoms with E-state index in [9.17, 15) is 18.3 Å². The maximum atomic E-state index is 14.9. The summed E-state index contributed by atoms with van der Waals surface area (Å²) < 4.78 is 47.1. The maximum absolute atomic E-state index is 14.9. The molecule has 4 heterocycles. The van der Waals surface area contributed by atoms with Crippen LogP contribution in [0.3, 0.4) is 0 Å². The number of benzene rings is 1. The Hall–Kier alpha value is -4.23. The number of hydrogen-bond donors (Lipinski definition) is 3. The van der Waals surface area contributed by atoms with Crippen LogP contribution >= 0.6 is 0 Å². The molecule has 0 amide bonds. The highest BCUT2D eigenvalue weighted by Crippen LogP contribution is 2.36. The Morgan fingerprint density at radius 1 is 1.21 bits per heavy atom. The summed E-state index contributed by atoms with van der Waals surface area (Å²) in [7, 11) is 1.39. The van der Waals surface area contributed by atoms with Crippen molar-refractivity contribution in [3.8, 4) is 28.3 Å². The van der Waals surface area contributed by atoms with Crippen LogP contribution in [0.25, 0.3) is 22.5 Å². The lowest BCUT2D eigenvalue weighted by molar-refractivity contribution is 0.0566. The van der Waals surface area contributed by atoms with Crippen molar-refractivity contribution < 1.29 is 23.0 Å². The second-order valence-electron chi connectivity index (χ2n) is 9.13. The average Bonchev–Trinajstić information content (AvgIpc) is 3.43. The van der Waals surface area contributed by atoms with Gasteiger partial charge in [-0.1, -0.05) is 0 Å². The molecule has 1 atom stereocenters. The summed E-state index contributed by atoms with van der Waals surface area (Å²) in [5, 5.41) is 16.3. The van der Waals surface area contributed by atoms with Gasteiger partial charge in [0.15, 0.2) is 5.82 Å². The maximum Gasteiger partial charge on any atom is 0.333 e. The van der Waals surface area contributed by atoms with E-state index >= 15 is 0 Å². The molecule has 204 valence electrons. The lowest BCUT2D eigenvalue weighted by atomic mass is 10.0. The average molecular weight is 541 g/mol. The standard InChI is InChI=1S/C26H27F3N8O2/c1-39-21-8-15(14-38)7-19(27)24(21)25-31-5-4-22(35-25)34-23-9-20(36-6-2-3-17(30)13-36)18(11-32-23)16-10-33-37(12-16)26(28)29/h4-5,7-12,17,26,38H,2-3,6,13-14,30H2,1H3,(H,31,32,34,35)/t17-/m0/s1. The van der Waals surface area contributed by atoms with E-state index in [4.69, 9.17) is 10.5 Å². The quantitative estimate of drug-likeness (QED) is 0.303. The first-order chi connectivity index (χ1) is 18.9. The molecular weight excluding hydrogens is 513 g/mol. The number of methoxy groups -OCH3 is 1. The van der Waals surface area contributed by atoms with Crippen molar-refractivity contribution in [2.24, 2.45) is 5.73 Å². The van der Waals surface area contributed by atoms with Crippen LogP contribution in [0, 0.1) is 5.82 Å². The summed E-state index contributed by atoms with van der Waals surface area (Å²) in [6.07, 6.45) is 7.51. The molecule has 0 spiro atoms. The number of hydrogen-bond acceptors (Lipinski definition) is 9. The molecule has 1 fully saturated rings. The summed E-state index contributed by atoms with van der Waals surface area (Å²) in [6.45, 7) is -1.76. The van der Waals surface area contributed by atoms with Gasteiger partial charge in [-0.25, -0.2) is 24.0 Å². The molecule has 1 saturated heterocycles. The number of anilines is 3. The van der Waals surface area contributed by atoms with Crippen LogP contribution in [-0.2, 0) is 6.61 Å². The smallest absolute Gasteiger partial charge is 0.333 e. The molecule has 1 aliphatic rings. The topological polar surface area (TPSA) is 127 Å². The van der Waals surface area contributed by atoms with Gasteiger partial charge in [-0.15, -0.1) is 0 Å². The number of aliphatic hydroxyl groups excluding tert-OH is 1. The number of aliphatic hydroxyl groups is 1. The Balaban J connectivity index is 1.50. The molecular formula is C26H27F3N8O2. The van der Waals surface area contributed by atoms with Crippen LogP contribution in [0.15, 0.2) is 49.1 Å². The van der Waals surface area contributed by atoms with E-state index in [0.717, 1.165) is 25.1 Å². The van der Waals surface area contributed by atoms with Crippen molar-refractivity contribution >= 4 is 17.3 Å². The van der Waals surface area contributed by atoms with Gasteiger partial charge in [0.25, 0.3) is 0 Å². The molecule has 5 rings (SSSR count). The molecule has 1 aliphatic heterocycles. The molecule has 4 N–H and O–H groups in total. The van der Waals surface area contributed by atoms with Gasteiger partial charge < -0.3 is 25.8 Å². The molecule has 10 nitrogen and oxygen atoms in total. The highest BCUT2D eigenvalue weighted by atomic mass is 19.3. The monoisotopic (exact) mass is 540 g/mol. The minimum absolute atomic E-state index is 0.0218. The van der Waals surface area contributed by atoms with E-state index in [1.165, 1.54) is 37.8 Å². The Labute approximate surface area is 222 Å². The van der Waals surface area contributed by atoms with Crippen molar-refractivity contribution in [1.29, 1.82) is 0 Å². The summed E-state index contributed by atoms with van der Waals surface area (Å²) in [4.78, 5) is 15.2. The molecule has 3 aromatic heterocycles. The third kappa shape index (κ3) is 5.64. The van der Waals surface area contributed by atoms with Gasteiger partial charge in [0.1, 0.15) is 23.2 Å².